The molecule has 3 unspecified atom stereocenters. The fourth-order valence-electron chi connectivity index (χ4n) is 10.7. The zero-order valence-corrected chi connectivity index (χ0v) is 70.7. The minimum absolute atomic E-state index is 0. The summed E-state index contributed by atoms with van der Waals surface area (Å²) in [4.78, 5) is 61.2. The van der Waals surface area contributed by atoms with Crippen LogP contribution in [0.5, 0.6) is 0 Å². The summed E-state index contributed by atoms with van der Waals surface area (Å²) >= 11 is 17.7. The first-order valence-corrected chi connectivity index (χ1v) is 50.2. The fourth-order valence-corrected chi connectivity index (χ4v) is 21.1. The Hall–Kier alpha value is -2.39. The predicted octanol–water partition coefficient (Wildman–Crippen LogP) is 7.45. The van der Waals surface area contributed by atoms with Crippen molar-refractivity contribution in [2.24, 2.45) is 17.7 Å². The van der Waals surface area contributed by atoms with Crippen molar-refractivity contribution in [2.75, 3.05) is 31.8 Å². The van der Waals surface area contributed by atoms with Crippen LogP contribution in [0, 0.1) is 11.8 Å². The second kappa shape index (κ2) is 45.9. The lowest BCUT2D eigenvalue weighted by Crippen LogP contribution is -2.50. The Morgan fingerprint density at radius 3 is 1.31 bits per heavy atom. The van der Waals surface area contributed by atoms with Crippen LogP contribution in [0.1, 0.15) is 163 Å². The number of aliphatic hydroxyl groups excluding tert-OH is 3. The van der Waals surface area contributed by atoms with Gasteiger partial charge in [0.25, 0.3) is 14.6 Å². The summed E-state index contributed by atoms with van der Waals surface area (Å²) in [5.74, 6) is 5.30. The van der Waals surface area contributed by atoms with Gasteiger partial charge in [-0.25, -0.2) is 28.7 Å². The molecular formula is C58H104ClN9O18S11Si2. The molecule has 1 aromatic carbocycles. The molecule has 0 bridgehead atoms. The van der Waals surface area contributed by atoms with E-state index in [0.29, 0.717) is 10.8 Å². The van der Waals surface area contributed by atoms with Gasteiger partial charge in [0.1, 0.15) is 29.0 Å². The van der Waals surface area contributed by atoms with Gasteiger partial charge in [0.2, 0.25) is 0 Å². The molecule has 12 atom stereocenters. The average Bonchev–Trinajstić information content (AvgIpc) is 1.54. The number of rotatable bonds is 16. The number of nitrogens with two attached hydrogens (primary N) is 1. The van der Waals surface area contributed by atoms with Crippen molar-refractivity contribution in [3.8, 4) is 0 Å². The van der Waals surface area contributed by atoms with Crippen molar-refractivity contribution in [3.05, 3.63) is 107 Å². The quantitative estimate of drug-likeness (QED) is 0.0296. The van der Waals surface area contributed by atoms with Gasteiger partial charge >= 0.3 is 17.1 Å². The third-order valence-corrected chi connectivity index (χ3v) is 27.7. The minimum Gasteiger partial charge on any atom is -0.407 e. The van der Waals surface area contributed by atoms with Gasteiger partial charge in [-0.1, -0.05) is 88.8 Å². The SMILES string of the molecule is C.CC(C)c1cc(C(C)C)c(S(=O)(=O)Cl)c(C(C)C)c1.CC1(O)[C@@H](O)[C@@H](CO)O[C@H]1n1ccc(NO)nc1=O.CC[C@H]1O[C@@H](n2ccc(=O)[nH]c2=O)C(C)(O[Si](C)(C)C)[C@H]1C.CC[C@H]1O[C@@H](n2ccc(NO)nc2=O)C(C)(O[Si](C)(C)C)[C@H]1C.CO.CON.S=S=S=S.S=S=S=S=S=S. The lowest BCUT2D eigenvalue weighted by atomic mass is 9.87. The molecule has 4 aromatic rings. The molecule has 11 N–H and O–H groups in total. The lowest BCUT2D eigenvalue weighted by Gasteiger charge is -2.39. The van der Waals surface area contributed by atoms with Gasteiger partial charge in [0.05, 0.1) is 30.8 Å². The molecule has 7 rings (SSSR count). The summed E-state index contributed by atoms with van der Waals surface area (Å²) in [6.45, 7) is 38.1. The second-order valence-electron chi connectivity index (χ2n) is 25.4. The highest BCUT2D eigenvalue weighted by atomic mass is 35.7. The number of nitrogens with one attached hydrogen (secondary N) is 3. The fraction of sp³-hybridized carbons (Fsp3) is 0.690. The largest absolute Gasteiger partial charge is 0.407 e. The number of H-pyrrole nitrogens is 1. The van der Waals surface area contributed by atoms with Crippen LogP contribution in [0.15, 0.2) is 73.0 Å². The normalized spacial score (nSPS) is 24.3. The smallest absolute Gasteiger partial charge is 0.351 e. The molecule has 0 radical (unpaired) electrons. The van der Waals surface area contributed by atoms with Gasteiger partial charge in [0, 0.05) is 152 Å². The van der Waals surface area contributed by atoms with Crippen LogP contribution in [-0.2, 0) is 135 Å². The maximum Gasteiger partial charge on any atom is 0.351 e. The second-order valence-corrected chi connectivity index (χ2v) is 47.4. The van der Waals surface area contributed by atoms with Crippen LogP contribution in [0.4, 0.5) is 11.6 Å². The molecule has 3 aliphatic heterocycles. The Labute approximate surface area is 625 Å². The van der Waals surface area contributed by atoms with Crippen molar-refractivity contribution in [1.82, 2.24) is 28.7 Å². The van der Waals surface area contributed by atoms with Gasteiger partial charge in [-0.05, 0) is 119 Å². The maximum absolute atomic E-state index is 12.3. The number of hydrogen-bond acceptors (Lipinski definition) is 27. The van der Waals surface area contributed by atoms with E-state index in [2.05, 4.69) is 151 Å². The minimum atomic E-state index is -3.72. The van der Waals surface area contributed by atoms with Crippen LogP contribution in [0.3, 0.4) is 0 Å². The number of nitrogens with zero attached hydrogens (tertiary/aromatic N) is 5. The van der Waals surface area contributed by atoms with Crippen LogP contribution in [0.25, 0.3) is 0 Å². The predicted molar refractivity (Wildman–Crippen MR) is 421 cm³/mol. The Morgan fingerprint density at radius 1 is 0.687 bits per heavy atom. The molecule has 6 heterocycles. The highest BCUT2D eigenvalue weighted by Crippen LogP contribution is 2.48. The molecule has 0 amide bonds. The monoisotopic (exact) mass is 1660 g/mol. The molecule has 3 aromatic heterocycles. The zero-order chi connectivity index (χ0) is 76.2. The number of benzene rings is 1. The van der Waals surface area contributed by atoms with Crippen LogP contribution < -0.4 is 39.5 Å². The van der Waals surface area contributed by atoms with Crippen molar-refractivity contribution in [1.29, 1.82) is 0 Å². The van der Waals surface area contributed by atoms with Gasteiger partial charge in [-0.2, -0.15) is 9.97 Å². The van der Waals surface area contributed by atoms with E-state index in [1.165, 1.54) is 107 Å². The van der Waals surface area contributed by atoms with Gasteiger partial charge < -0.3 is 48.3 Å². The Morgan fingerprint density at radius 2 is 1.04 bits per heavy atom. The Kier molecular flexibility index (Phi) is 45.7. The van der Waals surface area contributed by atoms with Gasteiger partial charge in [0.15, 0.2) is 47.0 Å². The molecule has 41 heteroatoms. The molecule has 3 fully saturated rings. The van der Waals surface area contributed by atoms with E-state index in [1.54, 1.807) is 11.7 Å². The van der Waals surface area contributed by atoms with Crippen molar-refractivity contribution < 1.29 is 67.2 Å². The molecule has 570 valence electrons. The van der Waals surface area contributed by atoms with Crippen molar-refractivity contribution in [2.45, 2.75) is 232 Å². The third kappa shape index (κ3) is 29.5. The van der Waals surface area contributed by atoms with E-state index in [4.69, 9.17) is 54.4 Å². The molecule has 3 saturated heterocycles. The number of aliphatic hydroxyl groups is 4. The summed E-state index contributed by atoms with van der Waals surface area (Å²) in [5.41, 5.74) is 1.30. The van der Waals surface area contributed by atoms with Crippen LogP contribution in [-0.4, -0.2) is 147 Å². The van der Waals surface area contributed by atoms with Gasteiger partial charge in [-0.15, -0.1) is 0 Å². The number of hydrogen-bond donors (Lipinski definition) is 10. The summed E-state index contributed by atoms with van der Waals surface area (Å²) in [7, 11) is 8.61. The first kappa shape index (κ1) is 98.7. The number of aromatic amines is 1. The van der Waals surface area contributed by atoms with Crippen molar-refractivity contribution >= 4 is 146 Å². The van der Waals surface area contributed by atoms with Crippen molar-refractivity contribution in [3.63, 3.8) is 0 Å². The number of aromatic nitrogens is 6. The van der Waals surface area contributed by atoms with Crippen LogP contribution in [0.2, 0.25) is 39.3 Å². The van der Waals surface area contributed by atoms with E-state index in [0.717, 1.165) is 41.2 Å². The van der Waals surface area contributed by atoms with E-state index >= 15 is 0 Å². The standard InChI is InChI=1S/C15H23ClO2S.C15H27N3O4Si.C15H26N2O4Si.C10H15N3O6.CH5NO.CH4O.CH4.S6.S4/c1-9(2)12-7-13(10(3)4)15(19(16,17)18)14(8-12)11(5)6;1-7-11-10(2)15(3,22-23(4,5)6)13(21-11)18-9-8-12(17-20)16-14(18)19;1-7-11-10(2)15(3,21-22(4,5)6)13(20-11)17-9-8-12(18)16-14(17)19;1-10(17)7(15)5(4-14)19-8(10)13-3-2-6(12-18)11-9(13)16;1-3-2;1-2;;1-3-5-6-4-2;1-3-4-2/h7-11H,1-6H3;8-11,13,20H,7H2,1-6H3,(H,16,17,19);8-11,13H,7H2,1-6H3,(H,16,18,19);2-3,5,7-8,14-15,17-18H,4H2,1H3,(H,11,12,16);2H2,1H3;2H,1H3;1H4;;/t;2*10-,11+,13+,15?;5-,7+,8-,10?;;;;;/m.001...../s1. The number of halogens is 1. The molecule has 0 aliphatic carbocycles. The lowest BCUT2D eigenvalue weighted by molar-refractivity contribution is -0.0987. The first-order chi connectivity index (χ1) is 45.4. The molecule has 0 saturated carbocycles. The molecule has 0 spiro atoms. The summed E-state index contributed by atoms with van der Waals surface area (Å²) < 4.78 is 58.2. The number of ether oxygens (including phenoxy) is 3. The molecule has 99 heavy (non-hydrogen) atoms. The van der Waals surface area contributed by atoms with E-state index < -0.39 is 103 Å². The topological polar surface area (TPSA) is 386 Å². The third-order valence-electron chi connectivity index (χ3n) is 15.2. The van der Waals surface area contributed by atoms with E-state index in [-0.39, 0.29) is 54.9 Å². The molecular weight excluding hydrogens is 1560 g/mol. The summed E-state index contributed by atoms with van der Waals surface area (Å²) in [6.07, 6.45) is 1.44. The van der Waals surface area contributed by atoms with Crippen LogP contribution >= 0.6 is 10.7 Å². The van der Waals surface area contributed by atoms with E-state index in [1.807, 2.05) is 59.2 Å². The molecule has 27 nitrogen and oxygen atoms in total. The summed E-state index contributed by atoms with van der Waals surface area (Å²) in [5, 5.41) is 53.6. The summed E-state index contributed by atoms with van der Waals surface area (Å²) in [6, 6.07) is 8.12. The van der Waals surface area contributed by atoms with Gasteiger partial charge in [-0.3, -0.25) is 44.9 Å². The average molecular weight is 1660 g/mol. The first-order valence-electron chi connectivity index (χ1n) is 30.4. The maximum atomic E-state index is 12.3. The Bertz CT molecular complexity index is 3740. The zero-order valence-electron chi connectivity index (χ0n) is 58.9. The molecule has 3 aliphatic rings. The highest BCUT2D eigenvalue weighted by molar-refractivity contribution is 8.64. The Balaban J connectivity index is 0. The highest BCUT2D eigenvalue weighted by Gasteiger charge is 2.56. The van der Waals surface area contributed by atoms with E-state index in [9.17, 15) is 37.8 Å². The number of anilines is 2.